The molecule has 0 unspecified atom stereocenters. The first-order chi connectivity index (χ1) is 5.52. The Kier molecular flexibility index (Phi) is 4.17. The van der Waals surface area contributed by atoms with E-state index in [-0.39, 0.29) is 6.61 Å². The van der Waals surface area contributed by atoms with Crippen molar-refractivity contribution in [3.05, 3.63) is 0 Å². The smallest absolute Gasteiger partial charge is 0.323 e. The third-order valence-corrected chi connectivity index (χ3v) is 1.74. The molecule has 0 heterocycles. The van der Waals surface area contributed by atoms with E-state index in [2.05, 4.69) is 9.13 Å². The summed E-state index contributed by atoms with van der Waals surface area (Å²) in [7, 11) is -4.03. The SMILES string of the molecule is CCOC(=O)CS(=O)(=O)N=C=O. The lowest BCUT2D eigenvalue weighted by molar-refractivity contribution is -0.139. The van der Waals surface area contributed by atoms with Gasteiger partial charge in [-0.25, -0.2) is 13.2 Å². The van der Waals surface area contributed by atoms with Crippen molar-refractivity contribution in [3.63, 3.8) is 0 Å². The molecule has 0 radical (unpaired) electrons. The minimum Gasteiger partial charge on any atom is -0.465 e. The molecular formula is C5H7NO5S. The number of carbonyl (C=O) groups is 1. The molecule has 0 fully saturated rings. The first-order valence-corrected chi connectivity index (χ1v) is 4.60. The van der Waals surface area contributed by atoms with Crippen molar-refractivity contribution in [2.24, 2.45) is 4.40 Å². The van der Waals surface area contributed by atoms with Crippen molar-refractivity contribution < 1.29 is 22.7 Å². The number of isocyanates is 1. The molecule has 0 aliphatic heterocycles. The second-order valence-electron chi connectivity index (χ2n) is 1.71. The molecule has 0 aromatic heterocycles. The van der Waals surface area contributed by atoms with Gasteiger partial charge in [0.15, 0.2) is 5.75 Å². The number of esters is 1. The highest BCUT2D eigenvalue weighted by atomic mass is 32.2. The summed E-state index contributed by atoms with van der Waals surface area (Å²) in [6, 6.07) is 0. The van der Waals surface area contributed by atoms with Gasteiger partial charge in [-0.05, 0) is 6.92 Å². The first-order valence-electron chi connectivity index (χ1n) is 2.99. The van der Waals surface area contributed by atoms with Gasteiger partial charge in [0.25, 0.3) is 16.1 Å². The maximum atomic E-state index is 10.6. The summed E-state index contributed by atoms with van der Waals surface area (Å²) >= 11 is 0. The number of carbonyl (C=O) groups excluding carboxylic acids is 2. The van der Waals surface area contributed by atoms with Crippen molar-refractivity contribution in [2.75, 3.05) is 12.4 Å². The van der Waals surface area contributed by atoms with Crippen molar-refractivity contribution >= 4 is 22.1 Å². The van der Waals surface area contributed by atoms with E-state index in [9.17, 15) is 18.0 Å². The second-order valence-corrected chi connectivity index (χ2v) is 3.35. The molecule has 0 saturated heterocycles. The Balaban J connectivity index is 4.26. The molecule has 0 aliphatic carbocycles. The van der Waals surface area contributed by atoms with Crippen LogP contribution in [0.2, 0.25) is 0 Å². The Morgan fingerprint density at radius 1 is 1.58 bits per heavy atom. The molecule has 0 aliphatic rings. The lowest BCUT2D eigenvalue weighted by Gasteiger charge is -1.97. The Morgan fingerprint density at radius 2 is 2.17 bits per heavy atom. The molecule has 0 spiro atoms. The summed E-state index contributed by atoms with van der Waals surface area (Å²) in [6.07, 6.45) is 0.835. The highest BCUT2D eigenvalue weighted by Gasteiger charge is 2.15. The molecule has 0 bridgehead atoms. The van der Waals surface area contributed by atoms with E-state index >= 15 is 0 Å². The fraction of sp³-hybridized carbons (Fsp3) is 0.600. The van der Waals surface area contributed by atoms with E-state index in [1.165, 1.54) is 6.92 Å². The van der Waals surface area contributed by atoms with Crippen LogP contribution in [-0.4, -0.2) is 32.8 Å². The maximum Gasteiger partial charge on any atom is 0.323 e. The summed E-state index contributed by atoms with van der Waals surface area (Å²) in [4.78, 5) is 20.1. The van der Waals surface area contributed by atoms with Gasteiger partial charge in [-0.2, -0.15) is 0 Å². The van der Waals surface area contributed by atoms with E-state index in [0.717, 1.165) is 6.08 Å². The van der Waals surface area contributed by atoms with Gasteiger partial charge in [-0.1, -0.05) is 4.40 Å². The van der Waals surface area contributed by atoms with E-state index in [0.29, 0.717) is 0 Å². The highest BCUT2D eigenvalue weighted by Crippen LogP contribution is 1.91. The Labute approximate surface area is 69.3 Å². The molecule has 6 nitrogen and oxygen atoms in total. The van der Waals surface area contributed by atoms with Crippen LogP contribution in [-0.2, 0) is 24.3 Å². The predicted octanol–water partition coefficient (Wildman–Crippen LogP) is -0.785. The molecule has 0 aromatic rings. The van der Waals surface area contributed by atoms with Crippen LogP contribution in [0.1, 0.15) is 6.92 Å². The molecule has 0 amide bonds. The van der Waals surface area contributed by atoms with E-state index < -0.39 is 21.7 Å². The van der Waals surface area contributed by atoms with Crippen LogP contribution in [0.25, 0.3) is 0 Å². The zero-order chi connectivity index (χ0) is 9.61. The van der Waals surface area contributed by atoms with Crippen molar-refractivity contribution in [3.8, 4) is 0 Å². The van der Waals surface area contributed by atoms with Crippen molar-refractivity contribution in [1.82, 2.24) is 0 Å². The number of hydrogen-bond donors (Lipinski definition) is 0. The van der Waals surface area contributed by atoms with Crippen LogP contribution < -0.4 is 0 Å². The van der Waals surface area contributed by atoms with E-state index in [1.54, 1.807) is 0 Å². The van der Waals surface area contributed by atoms with Crippen LogP contribution in [0.5, 0.6) is 0 Å². The summed E-state index contributed by atoms with van der Waals surface area (Å²) in [5, 5.41) is 0. The molecule has 68 valence electrons. The zero-order valence-corrected chi connectivity index (χ0v) is 7.13. The highest BCUT2D eigenvalue weighted by molar-refractivity contribution is 7.90. The summed E-state index contributed by atoms with van der Waals surface area (Å²) in [5.74, 6) is -1.85. The van der Waals surface area contributed by atoms with Gasteiger partial charge in [-0.3, -0.25) is 4.79 Å². The van der Waals surface area contributed by atoms with Gasteiger partial charge in [0, 0.05) is 0 Å². The van der Waals surface area contributed by atoms with Crippen LogP contribution in [0.3, 0.4) is 0 Å². The fourth-order valence-corrected chi connectivity index (χ4v) is 1.000. The average Bonchev–Trinajstić information content (AvgIpc) is 1.85. The number of nitrogens with zero attached hydrogens (tertiary/aromatic N) is 1. The summed E-state index contributed by atoms with van der Waals surface area (Å²) in [5.41, 5.74) is 0. The molecular weight excluding hydrogens is 186 g/mol. The monoisotopic (exact) mass is 193 g/mol. The number of hydrogen-bond acceptors (Lipinski definition) is 5. The second kappa shape index (κ2) is 4.63. The van der Waals surface area contributed by atoms with Crippen LogP contribution >= 0.6 is 0 Å². The number of sulfonamides is 1. The predicted molar refractivity (Wildman–Crippen MR) is 38.5 cm³/mol. The minimum absolute atomic E-state index is 0.0825. The lowest BCUT2D eigenvalue weighted by atomic mass is 10.8. The topological polar surface area (TPSA) is 89.9 Å². The molecule has 0 rings (SSSR count). The normalized spacial score (nSPS) is 10.1. The average molecular weight is 193 g/mol. The molecule has 12 heavy (non-hydrogen) atoms. The van der Waals surface area contributed by atoms with Crippen LogP contribution in [0.15, 0.2) is 4.40 Å². The molecule has 0 aromatic carbocycles. The van der Waals surface area contributed by atoms with Crippen molar-refractivity contribution in [2.45, 2.75) is 6.92 Å². The van der Waals surface area contributed by atoms with Gasteiger partial charge >= 0.3 is 5.97 Å². The Hall–Kier alpha value is -1.20. The Bertz CT molecular complexity index is 300. The van der Waals surface area contributed by atoms with Gasteiger partial charge in [0.2, 0.25) is 0 Å². The maximum absolute atomic E-state index is 10.6. The van der Waals surface area contributed by atoms with Gasteiger partial charge < -0.3 is 4.74 Å². The van der Waals surface area contributed by atoms with Gasteiger partial charge in [0.1, 0.15) is 0 Å². The number of rotatable bonds is 4. The molecule has 0 saturated carbocycles. The van der Waals surface area contributed by atoms with Gasteiger partial charge in [-0.15, -0.1) is 0 Å². The van der Waals surface area contributed by atoms with Crippen LogP contribution in [0.4, 0.5) is 0 Å². The standard InChI is InChI=1S/C5H7NO5S/c1-2-11-5(8)3-12(9,10)6-4-7/h2-3H2,1H3. The zero-order valence-electron chi connectivity index (χ0n) is 6.31. The van der Waals surface area contributed by atoms with Gasteiger partial charge in [0.05, 0.1) is 6.61 Å². The molecule has 0 N–H and O–H groups in total. The summed E-state index contributed by atoms with van der Waals surface area (Å²) in [6.45, 7) is 1.62. The lowest BCUT2D eigenvalue weighted by Crippen LogP contribution is -2.16. The minimum atomic E-state index is -4.03. The van der Waals surface area contributed by atoms with E-state index in [1.807, 2.05) is 0 Å². The summed E-state index contributed by atoms with van der Waals surface area (Å²) < 4.78 is 27.9. The third-order valence-electron chi connectivity index (χ3n) is 0.782. The fourth-order valence-electron chi connectivity index (χ4n) is 0.441. The third kappa shape index (κ3) is 4.59. The van der Waals surface area contributed by atoms with E-state index in [4.69, 9.17) is 0 Å². The number of ether oxygens (including phenoxy) is 1. The molecule has 0 atom stereocenters. The van der Waals surface area contributed by atoms with Crippen molar-refractivity contribution in [1.29, 1.82) is 0 Å². The molecule has 7 heteroatoms. The largest absolute Gasteiger partial charge is 0.465 e. The first kappa shape index (κ1) is 10.8. The van der Waals surface area contributed by atoms with Crippen LogP contribution in [0, 0.1) is 0 Å². The Morgan fingerprint density at radius 3 is 2.58 bits per heavy atom. The quantitative estimate of drug-likeness (QED) is 0.331.